The van der Waals surface area contributed by atoms with E-state index in [1.54, 1.807) is 0 Å². The highest BCUT2D eigenvalue weighted by molar-refractivity contribution is 5.85. The largest absolute Gasteiger partial charge is 0.368 e. The van der Waals surface area contributed by atoms with Crippen LogP contribution >= 0.6 is 0 Å². The molecule has 0 saturated heterocycles. The molecular formula is C16H15N3. The molecule has 1 atom stereocenters. The molecule has 4 rings (SSSR count). The molecule has 1 unspecified atom stereocenters. The zero-order valence-corrected chi connectivity index (χ0v) is 10.7. The van der Waals surface area contributed by atoms with Gasteiger partial charge in [0.15, 0.2) is 0 Å². The summed E-state index contributed by atoms with van der Waals surface area (Å²) in [6.45, 7) is 1.02. The second kappa shape index (κ2) is 3.89. The minimum absolute atomic E-state index is 0.424. The Morgan fingerprint density at radius 3 is 3.05 bits per heavy atom. The van der Waals surface area contributed by atoms with Crippen LogP contribution < -0.4 is 0 Å². The number of allylic oxidation sites excluding steroid dienone is 1. The standard InChI is InChI=1S/C16H15N3/c17-9-11-5-6-15-16-13(7-8-19(15)10-11)12-3-1-2-4-14(12)18-16/h1-4,10,15,18H,5-8H2. The molecule has 0 bridgehead atoms. The van der Waals surface area contributed by atoms with Crippen LogP contribution in [0, 0.1) is 11.3 Å². The van der Waals surface area contributed by atoms with Gasteiger partial charge in [-0.15, -0.1) is 0 Å². The van der Waals surface area contributed by atoms with E-state index in [1.807, 2.05) is 0 Å². The number of benzene rings is 1. The van der Waals surface area contributed by atoms with Crippen molar-refractivity contribution in [3.63, 3.8) is 0 Å². The Morgan fingerprint density at radius 1 is 1.26 bits per heavy atom. The first-order chi connectivity index (χ1) is 9.36. The summed E-state index contributed by atoms with van der Waals surface area (Å²) in [7, 11) is 0. The van der Waals surface area contributed by atoms with E-state index in [4.69, 9.17) is 5.26 Å². The molecule has 0 fully saturated rings. The predicted molar refractivity (Wildman–Crippen MR) is 74.4 cm³/mol. The van der Waals surface area contributed by atoms with Gasteiger partial charge >= 0.3 is 0 Å². The van der Waals surface area contributed by atoms with E-state index >= 15 is 0 Å². The maximum atomic E-state index is 9.04. The third-order valence-electron chi connectivity index (χ3n) is 4.35. The van der Waals surface area contributed by atoms with E-state index < -0.39 is 0 Å². The topological polar surface area (TPSA) is 42.8 Å². The van der Waals surface area contributed by atoms with Crippen LogP contribution in [0.4, 0.5) is 0 Å². The van der Waals surface area contributed by atoms with Gasteiger partial charge in [0.2, 0.25) is 0 Å². The van der Waals surface area contributed by atoms with E-state index in [0.717, 1.165) is 31.4 Å². The van der Waals surface area contributed by atoms with Crippen molar-refractivity contribution in [1.29, 1.82) is 5.26 Å². The average molecular weight is 249 g/mol. The summed E-state index contributed by atoms with van der Waals surface area (Å²) < 4.78 is 0. The van der Waals surface area contributed by atoms with Gasteiger partial charge in [-0.3, -0.25) is 0 Å². The highest BCUT2D eigenvalue weighted by Gasteiger charge is 2.31. The number of para-hydroxylation sites is 1. The number of hydrogen-bond acceptors (Lipinski definition) is 2. The zero-order valence-electron chi connectivity index (χ0n) is 10.7. The highest BCUT2D eigenvalue weighted by Crippen LogP contribution is 2.39. The molecule has 0 aliphatic carbocycles. The van der Waals surface area contributed by atoms with Crippen LogP contribution in [0.25, 0.3) is 10.9 Å². The summed E-state index contributed by atoms with van der Waals surface area (Å²) in [5, 5.41) is 10.4. The molecule has 0 radical (unpaired) electrons. The van der Waals surface area contributed by atoms with Crippen LogP contribution in [0.1, 0.15) is 30.1 Å². The fourth-order valence-electron chi connectivity index (χ4n) is 3.44. The molecule has 0 spiro atoms. The lowest BCUT2D eigenvalue weighted by Gasteiger charge is -2.38. The van der Waals surface area contributed by atoms with Crippen molar-refractivity contribution in [2.45, 2.75) is 25.3 Å². The van der Waals surface area contributed by atoms with Crippen LogP contribution in [-0.2, 0) is 6.42 Å². The van der Waals surface area contributed by atoms with Crippen LogP contribution in [0.2, 0.25) is 0 Å². The molecule has 1 aromatic heterocycles. The van der Waals surface area contributed by atoms with E-state index in [-0.39, 0.29) is 0 Å². The summed E-state index contributed by atoms with van der Waals surface area (Å²) in [5.74, 6) is 0. The van der Waals surface area contributed by atoms with Crippen molar-refractivity contribution in [2.24, 2.45) is 0 Å². The van der Waals surface area contributed by atoms with Gasteiger partial charge in [0.25, 0.3) is 0 Å². The molecule has 0 saturated carbocycles. The lowest BCUT2D eigenvalue weighted by Crippen LogP contribution is -2.33. The Balaban J connectivity index is 1.85. The third kappa shape index (κ3) is 1.50. The van der Waals surface area contributed by atoms with Crippen molar-refractivity contribution in [3.8, 4) is 6.07 Å². The van der Waals surface area contributed by atoms with E-state index in [2.05, 4.69) is 46.4 Å². The first kappa shape index (κ1) is 10.7. The number of nitrogens with zero attached hydrogens (tertiary/aromatic N) is 2. The van der Waals surface area contributed by atoms with Gasteiger partial charge in [-0.05, 0) is 30.9 Å². The second-order valence-electron chi connectivity index (χ2n) is 5.37. The Kier molecular flexibility index (Phi) is 2.19. The normalized spacial score (nSPS) is 21.5. The number of aromatic nitrogens is 1. The van der Waals surface area contributed by atoms with Gasteiger partial charge in [0.1, 0.15) is 0 Å². The minimum Gasteiger partial charge on any atom is -0.368 e. The number of fused-ring (bicyclic) bond motifs is 5. The fourth-order valence-corrected chi connectivity index (χ4v) is 3.44. The van der Waals surface area contributed by atoms with Gasteiger partial charge in [0.05, 0.1) is 12.1 Å². The van der Waals surface area contributed by atoms with Gasteiger partial charge in [-0.2, -0.15) is 5.26 Å². The average Bonchev–Trinajstić information content (AvgIpc) is 2.85. The Bertz CT molecular complexity index is 717. The molecule has 1 aromatic carbocycles. The molecule has 3 nitrogen and oxygen atoms in total. The molecule has 1 N–H and O–H groups in total. The van der Waals surface area contributed by atoms with Crippen LogP contribution in [0.15, 0.2) is 36.0 Å². The Labute approximate surface area is 112 Å². The van der Waals surface area contributed by atoms with Crippen molar-refractivity contribution < 1.29 is 0 Å². The smallest absolute Gasteiger partial charge is 0.0962 e. The van der Waals surface area contributed by atoms with E-state index in [1.165, 1.54) is 22.2 Å². The summed E-state index contributed by atoms with van der Waals surface area (Å²) in [4.78, 5) is 5.93. The first-order valence-corrected chi connectivity index (χ1v) is 6.83. The predicted octanol–water partition coefficient (Wildman–Crippen LogP) is 3.27. The van der Waals surface area contributed by atoms with Crippen molar-refractivity contribution in [1.82, 2.24) is 9.88 Å². The quantitative estimate of drug-likeness (QED) is 0.778. The van der Waals surface area contributed by atoms with Gasteiger partial charge in [-0.1, -0.05) is 18.2 Å². The summed E-state index contributed by atoms with van der Waals surface area (Å²) in [6, 6.07) is 11.3. The minimum atomic E-state index is 0.424. The monoisotopic (exact) mass is 249 g/mol. The maximum Gasteiger partial charge on any atom is 0.0962 e. The lowest BCUT2D eigenvalue weighted by atomic mass is 9.91. The molecule has 0 amide bonds. The Morgan fingerprint density at radius 2 is 2.16 bits per heavy atom. The molecule has 2 aliphatic rings. The van der Waals surface area contributed by atoms with Gasteiger partial charge < -0.3 is 9.88 Å². The summed E-state index contributed by atoms with van der Waals surface area (Å²) >= 11 is 0. The van der Waals surface area contributed by atoms with E-state index in [9.17, 15) is 0 Å². The SMILES string of the molecule is N#CC1=CN2CCc3c([nH]c4ccccc34)C2CC1. The molecule has 3 heterocycles. The fraction of sp³-hybridized carbons (Fsp3) is 0.312. The van der Waals surface area contributed by atoms with Gasteiger partial charge in [-0.25, -0.2) is 0 Å². The number of rotatable bonds is 0. The highest BCUT2D eigenvalue weighted by atomic mass is 15.2. The molecule has 3 heteroatoms. The van der Waals surface area contributed by atoms with Crippen molar-refractivity contribution in [2.75, 3.05) is 6.54 Å². The number of nitriles is 1. The van der Waals surface area contributed by atoms with Crippen molar-refractivity contribution >= 4 is 10.9 Å². The summed E-state index contributed by atoms with van der Waals surface area (Å²) in [6.07, 6.45) is 5.05. The lowest BCUT2D eigenvalue weighted by molar-refractivity contribution is 0.232. The van der Waals surface area contributed by atoms with Crippen molar-refractivity contribution in [3.05, 3.63) is 47.3 Å². The summed E-state index contributed by atoms with van der Waals surface area (Å²) in [5.41, 5.74) is 4.99. The molecule has 94 valence electrons. The van der Waals surface area contributed by atoms with Gasteiger partial charge in [0, 0.05) is 34.9 Å². The zero-order chi connectivity index (χ0) is 12.8. The third-order valence-corrected chi connectivity index (χ3v) is 4.35. The number of H-pyrrole nitrogens is 1. The van der Waals surface area contributed by atoms with Crippen LogP contribution in [0.5, 0.6) is 0 Å². The number of hydrogen-bond donors (Lipinski definition) is 1. The second-order valence-corrected chi connectivity index (χ2v) is 5.37. The molecule has 2 aromatic rings. The molecular weight excluding hydrogens is 234 g/mol. The van der Waals surface area contributed by atoms with E-state index in [0.29, 0.717) is 6.04 Å². The number of aromatic amines is 1. The van der Waals surface area contributed by atoms with Crippen LogP contribution in [-0.4, -0.2) is 16.4 Å². The van der Waals surface area contributed by atoms with Crippen LogP contribution in [0.3, 0.4) is 0 Å². The molecule has 2 aliphatic heterocycles. The Hall–Kier alpha value is -2.21. The number of nitrogens with one attached hydrogen (secondary N) is 1. The molecule has 19 heavy (non-hydrogen) atoms. The maximum absolute atomic E-state index is 9.04. The first-order valence-electron chi connectivity index (χ1n) is 6.83.